The Balaban J connectivity index is 0.000000320. The molecular weight excluding hydrogens is 126 g/mol. The van der Waals surface area contributed by atoms with Gasteiger partial charge in [-0.1, -0.05) is 0 Å². The zero-order valence-electron chi connectivity index (χ0n) is 4.64. The van der Waals surface area contributed by atoms with Gasteiger partial charge in [0.15, 0.2) is 0 Å². The van der Waals surface area contributed by atoms with Crippen LogP contribution in [0, 0.1) is 0 Å². The lowest BCUT2D eigenvalue weighted by molar-refractivity contribution is -0.107. The van der Waals surface area contributed by atoms with Gasteiger partial charge in [-0.3, -0.25) is 0 Å². The maximum absolute atomic E-state index is 5.02. The van der Waals surface area contributed by atoms with Crippen molar-refractivity contribution >= 4 is 12.4 Å². The van der Waals surface area contributed by atoms with E-state index in [4.69, 9.17) is 4.74 Å². The molecule has 2 rings (SSSR count). The summed E-state index contributed by atoms with van der Waals surface area (Å²) in [7, 11) is 0. The van der Waals surface area contributed by atoms with Gasteiger partial charge in [0.1, 0.15) is 0 Å². The van der Waals surface area contributed by atoms with E-state index in [0.717, 1.165) is 13.2 Å². The van der Waals surface area contributed by atoms with E-state index in [0.29, 0.717) is 5.54 Å². The molecule has 3 heteroatoms. The highest BCUT2D eigenvalue weighted by atomic mass is 35.5. The van der Waals surface area contributed by atoms with E-state index in [1.54, 1.807) is 0 Å². The molecule has 0 aromatic rings. The van der Waals surface area contributed by atoms with Crippen molar-refractivity contribution in [2.75, 3.05) is 19.8 Å². The summed E-state index contributed by atoms with van der Waals surface area (Å²) in [5.41, 5.74) is 0.472. The van der Waals surface area contributed by atoms with Gasteiger partial charge in [0.2, 0.25) is 0 Å². The molecule has 48 valence electrons. The lowest BCUT2D eigenvalue weighted by atomic mass is 9.86. The third-order valence-electron chi connectivity index (χ3n) is 1.86. The van der Waals surface area contributed by atoms with Crippen molar-refractivity contribution in [1.29, 1.82) is 0 Å². The van der Waals surface area contributed by atoms with Crippen molar-refractivity contribution in [3.63, 3.8) is 0 Å². The molecular formula is C5H10ClNO. The zero-order valence-corrected chi connectivity index (χ0v) is 5.46. The fraction of sp³-hybridized carbons (Fsp3) is 1.00. The van der Waals surface area contributed by atoms with Crippen LogP contribution in [0.5, 0.6) is 0 Å². The number of nitrogens with one attached hydrogen (secondary N) is 1. The summed E-state index contributed by atoms with van der Waals surface area (Å²) in [6.45, 7) is 3.10. The van der Waals surface area contributed by atoms with E-state index in [1.807, 2.05) is 0 Å². The highest BCUT2D eigenvalue weighted by molar-refractivity contribution is 5.85. The Morgan fingerprint density at radius 3 is 2.00 bits per heavy atom. The monoisotopic (exact) mass is 135 g/mol. The second kappa shape index (κ2) is 1.87. The molecule has 0 saturated carbocycles. The van der Waals surface area contributed by atoms with Gasteiger partial charge in [-0.25, -0.2) is 0 Å². The summed E-state index contributed by atoms with van der Waals surface area (Å²) >= 11 is 0. The first-order chi connectivity index (χ1) is 3.41. The van der Waals surface area contributed by atoms with Crippen molar-refractivity contribution in [2.24, 2.45) is 0 Å². The molecule has 2 saturated heterocycles. The van der Waals surface area contributed by atoms with Crippen LogP contribution in [0.3, 0.4) is 0 Å². The van der Waals surface area contributed by atoms with E-state index in [2.05, 4.69) is 5.32 Å². The van der Waals surface area contributed by atoms with Crippen LogP contribution in [-0.2, 0) is 4.74 Å². The average molecular weight is 136 g/mol. The van der Waals surface area contributed by atoms with Crippen molar-refractivity contribution in [3.05, 3.63) is 0 Å². The minimum Gasteiger partial charge on any atom is -0.377 e. The molecule has 0 atom stereocenters. The SMILES string of the molecule is C1CC2(COC2)N1.Cl. The minimum atomic E-state index is 0. The highest BCUT2D eigenvalue weighted by Crippen LogP contribution is 2.26. The van der Waals surface area contributed by atoms with E-state index in [1.165, 1.54) is 13.0 Å². The van der Waals surface area contributed by atoms with Gasteiger partial charge in [-0.15, -0.1) is 12.4 Å². The van der Waals surface area contributed by atoms with E-state index in [-0.39, 0.29) is 12.4 Å². The molecule has 0 radical (unpaired) electrons. The molecule has 0 aromatic carbocycles. The summed E-state index contributed by atoms with van der Waals surface area (Å²) in [4.78, 5) is 0. The molecule has 0 aliphatic carbocycles. The number of hydrogen-bond acceptors (Lipinski definition) is 2. The summed E-state index contributed by atoms with van der Waals surface area (Å²) in [6.07, 6.45) is 1.33. The first-order valence-corrected chi connectivity index (χ1v) is 2.74. The van der Waals surface area contributed by atoms with Crippen LogP contribution in [-0.4, -0.2) is 25.3 Å². The van der Waals surface area contributed by atoms with Crippen LogP contribution >= 0.6 is 12.4 Å². The number of hydrogen-bond donors (Lipinski definition) is 1. The Morgan fingerprint density at radius 1 is 1.38 bits per heavy atom. The Kier molecular flexibility index (Phi) is 1.48. The standard InChI is InChI=1S/C5H9NO.ClH/c1-2-6-5(1)3-7-4-5;/h6H,1-4H2;1H. The summed E-state index contributed by atoms with van der Waals surface area (Å²) in [5, 5.41) is 3.33. The highest BCUT2D eigenvalue weighted by Gasteiger charge is 2.43. The first-order valence-electron chi connectivity index (χ1n) is 2.74. The van der Waals surface area contributed by atoms with Crippen LogP contribution in [0.1, 0.15) is 6.42 Å². The average Bonchev–Trinajstić information content (AvgIpc) is 1.20. The van der Waals surface area contributed by atoms with Crippen LogP contribution in [0.2, 0.25) is 0 Å². The van der Waals surface area contributed by atoms with Crippen molar-refractivity contribution in [2.45, 2.75) is 12.0 Å². The summed E-state index contributed by atoms with van der Waals surface area (Å²) in [5.74, 6) is 0. The molecule has 2 fully saturated rings. The third-order valence-corrected chi connectivity index (χ3v) is 1.86. The number of rotatable bonds is 0. The van der Waals surface area contributed by atoms with Gasteiger partial charge in [0.25, 0.3) is 0 Å². The van der Waals surface area contributed by atoms with Gasteiger partial charge >= 0.3 is 0 Å². The van der Waals surface area contributed by atoms with Crippen molar-refractivity contribution < 1.29 is 4.74 Å². The van der Waals surface area contributed by atoms with Gasteiger partial charge in [0.05, 0.1) is 18.8 Å². The molecule has 0 bridgehead atoms. The second-order valence-electron chi connectivity index (χ2n) is 2.45. The van der Waals surface area contributed by atoms with Crippen LogP contribution in [0.25, 0.3) is 0 Å². The molecule has 0 amide bonds. The Bertz CT molecular complexity index is 72.9. The van der Waals surface area contributed by atoms with Crippen molar-refractivity contribution in [3.8, 4) is 0 Å². The quantitative estimate of drug-likeness (QED) is 0.512. The van der Waals surface area contributed by atoms with Crippen LogP contribution in [0.4, 0.5) is 0 Å². The fourth-order valence-electron chi connectivity index (χ4n) is 1.07. The molecule has 8 heavy (non-hydrogen) atoms. The Morgan fingerprint density at radius 2 is 2.00 bits per heavy atom. The van der Waals surface area contributed by atoms with E-state index < -0.39 is 0 Å². The van der Waals surface area contributed by atoms with Gasteiger partial charge in [-0.2, -0.15) is 0 Å². The lowest BCUT2D eigenvalue weighted by Gasteiger charge is -2.49. The van der Waals surface area contributed by atoms with Crippen LogP contribution in [0.15, 0.2) is 0 Å². The maximum Gasteiger partial charge on any atom is 0.0672 e. The topological polar surface area (TPSA) is 21.3 Å². The molecule has 2 aliphatic rings. The van der Waals surface area contributed by atoms with E-state index >= 15 is 0 Å². The molecule has 2 aliphatic heterocycles. The number of halogens is 1. The molecule has 2 heterocycles. The number of ether oxygens (including phenoxy) is 1. The lowest BCUT2D eigenvalue weighted by Crippen LogP contribution is -2.68. The maximum atomic E-state index is 5.02. The fourth-order valence-corrected chi connectivity index (χ4v) is 1.07. The molecule has 0 unspecified atom stereocenters. The molecule has 1 spiro atoms. The largest absolute Gasteiger partial charge is 0.377 e. The predicted octanol–water partition coefficient (Wildman–Crippen LogP) is 0.170. The Hall–Kier alpha value is 0.210. The van der Waals surface area contributed by atoms with E-state index in [9.17, 15) is 0 Å². The summed E-state index contributed by atoms with van der Waals surface area (Å²) in [6, 6.07) is 0. The zero-order chi connectivity index (χ0) is 4.74. The molecule has 2 nitrogen and oxygen atoms in total. The Labute approximate surface area is 55.0 Å². The first kappa shape index (κ1) is 6.33. The van der Waals surface area contributed by atoms with Crippen molar-refractivity contribution in [1.82, 2.24) is 5.32 Å². The van der Waals surface area contributed by atoms with Gasteiger partial charge < -0.3 is 10.1 Å². The smallest absolute Gasteiger partial charge is 0.0672 e. The van der Waals surface area contributed by atoms with Crippen LogP contribution < -0.4 is 5.32 Å². The van der Waals surface area contributed by atoms with Gasteiger partial charge in [-0.05, 0) is 13.0 Å². The molecule has 0 aromatic heterocycles. The minimum absolute atomic E-state index is 0. The molecule has 1 N–H and O–H groups in total. The van der Waals surface area contributed by atoms with Gasteiger partial charge in [0, 0.05) is 0 Å². The second-order valence-corrected chi connectivity index (χ2v) is 2.45. The predicted molar refractivity (Wildman–Crippen MR) is 33.4 cm³/mol. The normalized spacial score (nSPS) is 30.0. The third kappa shape index (κ3) is 0.642. The summed E-state index contributed by atoms with van der Waals surface area (Å²) < 4.78 is 5.02.